The Morgan fingerprint density at radius 1 is 0.833 bits per heavy atom. The zero-order chi connectivity index (χ0) is 12.5. The van der Waals surface area contributed by atoms with Gasteiger partial charge < -0.3 is 12.4 Å². The van der Waals surface area contributed by atoms with E-state index in [0.29, 0.717) is 7.62 Å². The van der Waals surface area contributed by atoms with Crippen LogP contribution in [0.3, 0.4) is 0 Å². The van der Waals surface area contributed by atoms with Crippen molar-refractivity contribution in [2.75, 3.05) is 41.4 Å². The number of halogens is 1. The molecule has 0 spiro atoms. The van der Waals surface area contributed by atoms with Crippen LogP contribution < -0.4 is 12.4 Å². The van der Waals surface area contributed by atoms with Gasteiger partial charge in [-0.3, -0.25) is 0 Å². The molecule has 2 aliphatic rings. The second kappa shape index (κ2) is 7.15. The molecule has 2 fully saturated rings. The van der Waals surface area contributed by atoms with E-state index in [1.807, 2.05) is 0 Å². The molecule has 0 aromatic heterocycles. The van der Waals surface area contributed by atoms with Crippen LogP contribution in [-0.4, -0.2) is 54.7 Å². The van der Waals surface area contributed by atoms with Gasteiger partial charge in [0.25, 0.3) is 0 Å². The largest absolute Gasteiger partial charge is 1.00 e. The Kier molecular flexibility index (Phi) is 6.77. The van der Waals surface area contributed by atoms with Crippen molar-refractivity contribution in [1.29, 1.82) is 0 Å². The third-order valence-electron chi connectivity index (χ3n) is 4.24. The van der Waals surface area contributed by atoms with Crippen LogP contribution in [0, 0.1) is 0 Å². The molecular formula is C12H26ClN2O2Zr-. The molecule has 0 aromatic rings. The van der Waals surface area contributed by atoms with E-state index in [2.05, 4.69) is 33.9 Å². The first-order valence-corrected chi connectivity index (χ1v) is 11.7. The Morgan fingerprint density at radius 3 is 1.44 bits per heavy atom. The molecule has 4 nitrogen and oxygen atoms in total. The first kappa shape index (κ1) is 17.1. The fourth-order valence-corrected chi connectivity index (χ4v) is 17.1. The molecular weight excluding hydrogens is 331 g/mol. The second-order valence-corrected chi connectivity index (χ2v) is 17.0. The summed E-state index contributed by atoms with van der Waals surface area (Å²) in [4.78, 5) is 0. The summed E-state index contributed by atoms with van der Waals surface area (Å²) >= 11 is -2.75. The maximum atomic E-state index is 6.08. The molecule has 108 valence electrons. The molecule has 2 aliphatic heterocycles. The van der Waals surface area contributed by atoms with Gasteiger partial charge in [0.2, 0.25) is 0 Å². The zero-order valence-electron chi connectivity index (χ0n) is 12.0. The van der Waals surface area contributed by atoms with Crippen LogP contribution in [0.4, 0.5) is 0 Å². The molecule has 2 saturated heterocycles. The normalized spacial score (nSPS) is 29.0. The van der Waals surface area contributed by atoms with Crippen LogP contribution in [-0.2, 0) is 30.3 Å². The van der Waals surface area contributed by atoms with Gasteiger partial charge in [-0.05, 0) is 0 Å². The van der Waals surface area contributed by atoms with Crippen LogP contribution in [0.1, 0.15) is 25.7 Å². The predicted octanol–water partition coefficient (Wildman–Crippen LogP) is -1.63. The summed E-state index contributed by atoms with van der Waals surface area (Å²) < 4.78 is 18.1. The molecule has 2 heterocycles. The topological polar surface area (TPSA) is 24.9 Å². The number of ether oxygens (including phenoxy) is 2. The van der Waals surface area contributed by atoms with Crippen LogP contribution in [0.15, 0.2) is 0 Å². The van der Waals surface area contributed by atoms with Crippen LogP contribution in [0.2, 0.25) is 0 Å². The van der Waals surface area contributed by atoms with E-state index in [4.69, 9.17) is 9.47 Å². The molecule has 0 N–H and O–H groups in total. The number of hydrogen-bond acceptors (Lipinski definition) is 4. The fraction of sp³-hybridized carbons (Fsp3) is 1.00. The fourth-order valence-electron chi connectivity index (χ4n) is 3.58. The van der Waals surface area contributed by atoms with E-state index in [1.165, 1.54) is 25.7 Å². The third kappa shape index (κ3) is 2.87. The standard InChI is InChI=1S/2C4H7O.2C2H6N.ClH.Zr/c2*1-2-4-5-3-1;2*1-3-2;;/h2*3H,1-2,4H2;2*1-2H3;1H;/q;;2*-1;;+2/p-1. The molecule has 2 rings (SSSR count). The molecule has 0 aliphatic carbocycles. The van der Waals surface area contributed by atoms with Crippen molar-refractivity contribution in [2.24, 2.45) is 0 Å². The van der Waals surface area contributed by atoms with E-state index < -0.39 is 20.8 Å². The van der Waals surface area contributed by atoms with Gasteiger partial charge in [-0.25, -0.2) is 0 Å². The van der Waals surface area contributed by atoms with Crippen molar-refractivity contribution in [3.8, 4) is 0 Å². The maximum absolute atomic E-state index is 6.08. The number of nitrogens with zero attached hydrogens (tertiary/aromatic N) is 2. The van der Waals surface area contributed by atoms with Crippen molar-refractivity contribution in [3.63, 3.8) is 0 Å². The summed E-state index contributed by atoms with van der Waals surface area (Å²) in [5.74, 6) is 0. The molecule has 0 bridgehead atoms. The molecule has 18 heavy (non-hydrogen) atoms. The smallest absolute Gasteiger partial charge is 1.00 e. The average molecular weight is 357 g/mol. The minimum atomic E-state index is -2.75. The molecule has 0 aromatic carbocycles. The van der Waals surface area contributed by atoms with Crippen molar-refractivity contribution in [1.82, 2.24) is 5.69 Å². The van der Waals surface area contributed by atoms with Crippen molar-refractivity contribution in [2.45, 2.75) is 33.3 Å². The molecule has 2 atom stereocenters. The van der Waals surface area contributed by atoms with Gasteiger partial charge in [0.05, 0.1) is 0 Å². The summed E-state index contributed by atoms with van der Waals surface area (Å²) in [6, 6.07) is 0. The van der Waals surface area contributed by atoms with Crippen LogP contribution in [0.25, 0.3) is 0 Å². The Balaban J connectivity index is 0.00000162. The van der Waals surface area contributed by atoms with Gasteiger partial charge in [0, 0.05) is 0 Å². The first-order valence-electron chi connectivity index (χ1n) is 6.68. The van der Waals surface area contributed by atoms with Gasteiger partial charge in [-0.1, -0.05) is 0 Å². The average Bonchev–Trinajstić information content (AvgIpc) is 2.88. The van der Waals surface area contributed by atoms with Crippen molar-refractivity contribution in [3.05, 3.63) is 0 Å². The molecule has 2 unspecified atom stereocenters. The van der Waals surface area contributed by atoms with Gasteiger partial charge in [0.15, 0.2) is 0 Å². The summed E-state index contributed by atoms with van der Waals surface area (Å²) in [5, 5.41) is 0. The maximum Gasteiger partial charge on any atom is -1.00 e. The first-order chi connectivity index (χ1) is 8.10. The zero-order valence-corrected chi connectivity index (χ0v) is 15.2. The summed E-state index contributed by atoms with van der Waals surface area (Å²) in [5.41, 5.74) is 0. The molecule has 0 saturated carbocycles. The van der Waals surface area contributed by atoms with Gasteiger partial charge in [-0.15, -0.1) is 0 Å². The van der Waals surface area contributed by atoms with Gasteiger partial charge in [-0.2, -0.15) is 0 Å². The number of hydrogen-bond donors (Lipinski definition) is 0. The van der Waals surface area contributed by atoms with Crippen molar-refractivity contribution >= 4 is 0 Å². The summed E-state index contributed by atoms with van der Waals surface area (Å²) in [6.07, 6.45) is 4.90. The third-order valence-corrected chi connectivity index (χ3v) is 18.2. The molecule has 0 radical (unpaired) electrons. The minimum Gasteiger partial charge on any atom is -1.00 e. The predicted molar refractivity (Wildman–Crippen MR) is 65.3 cm³/mol. The SMILES string of the molecule is C[N](C)[Zr]([CH]1CCCO1)([CH]1CCCO1)[N](C)C.[Cl-]. The Bertz CT molecular complexity index is 228. The summed E-state index contributed by atoms with van der Waals surface area (Å²) in [6.45, 7) is 1.88. The van der Waals surface area contributed by atoms with E-state index in [0.717, 1.165) is 13.2 Å². The van der Waals surface area contributed by atoms with Crippen LogP contribution in [0.5, 0.6) is 0 Å². The van der Waals surface area contributed by atoms with E-state index >= 15 is 0 Å². The van der Waals surface area contributed by atoms with Gasteiger partial charge >= 0.3 is 111 Å². The summed E-state index contributed by atoms with van der Waals surface area (Å²) in [7, 11) is 8.94. The van der Waals surface area contributed by atoms with E-state index in [1.54, 1.807) is 0 Å². The Morgan fingerprint density at radius 2 is 1.22 bits per heavy atom. The van der Waals surface area contributed by atoms with E-state index in [9.17, 15) is 0 Å². The second-order valence-electron chi connectivity index (χ2n) is 5.58. The number of rotatable bonds is 4. The van der Waals surface area contributed by atoms with Gasteiger partial charge in [0.1, 0.15) is 0 Å². The Hall–Kier alpha value is 1.01. The minimum absolute atomic E-state index is 0. The quantitative estimate of drug-likeness (QED) is 0.604. The van der Waals surface area contributed by atoms with Crippen LogP contribution >= 0.6 is 0 Å². The molecule has 6 heteroatoms. The van der Waals surface area contributed by atoms with E-state index in [-0.39, 0.29) is 12.4 Å². The molecule has 0 amide bonds. The Labute approximate surface area is 123 Å². The van der Waals surface area contributed by atoms with Crippen molar-refractivity contribution < 1.29 is 42.7 Å². The monoisotopic (exact) mass is 355 g/mol.